The van der Waals surface area contributed by atoms with Gasteiger partial charge < -0.3 is 0 Å². The minimum atomic E-state index is 0.479. The van der Waals surface area contributed by atoms with E-state index in [1.54, 1.807) is 0 Å². The van der Waals surface area contributed by atoms with Gasteiger partial charge in [-0.2, -0.15) is 12.6 Å². The van der Waals surface area contributed by atoms with E-state index in [1.807, 2.05) is 0 Å². The summed E-state index contributed by atoms with van der Waals surface area (Å²) in [7, 11) is 0. The fourth-order valence-electron chi connectivity index (χ4n) is 5.44. The molecule has 0 amide bonds. The Morgan fingerprint density at radius 1 is 1.13 bits per heavy atom. The van der Waals surface area contributed by atoms with Crippen LogP contribution in [0.5, 0.6) is 0 Å². The molecule has 1 heteroatoms. The van der Waals surface area contributed by atoms with E-state index in [0.717, 1.165) is 23.2 Å². The van der Waals surface area contributed by atoms with E-state index in [1.165, 1.54) is 32.1 Å². The lowest BCUT2D eigenvalue weighted by Gasteiger charge is -2.52. The van der Waals surface area contributed by atoms with Crippen LogP contribution in [0.3, 0.4) is 0 Å². The summed E-state index contributed by atoms with van der Waals surface area (Å²) < 4.78 is 0. The average Bonchev–Trinajstić information content (AvgIpc) is 2.71. The van der Waals surface area contributed by atoms with Crippen molar-refractivity contribution in [3.8, 4) is 0 Å². The van der Waals surface area contributed by atoms with E-state index in [0.29, 0.717) is 10.7 Å². The van der Waals surface area contributed by atoms with Crippen molar-refractivity contribution < 1.29 is 0 Å². The molecule has 0 aromatic carbocycles. The number of rotatable bonds is 0. The van der Waals surface area contributed by atoms with Crippen LogP contribution in [0.15, 0.2) is 0 Å². The van der Waals surface area contributed by atoms with E-state index in [2.05, 4.69) is 20.8 Å². The van der Waals surface area contributed by atoms with Crippen molar-refractivity contribution >= 4 is 12.6 Å². The Hall–Kier alpha value is 0.350. The standard InChI is InChI=1S/C14H24S/c1-9-4-5-11-13(2,3)12(15)10-6-7-14(9,11)8-10/h9-12,15H,4-8H2,1-3H3. The van der Waals surface area contributed by atoms with Gasteiger partial charge in [0.2, 0.25) is 0 Å². The van der Waals surface area contributed by atoms with Gasteiger partial charge in [-0.3, -0.25) is 0 Å². The first-order valence-corrected chi connectivity index (χ1v) is 7.18. The lowest BCUT2D eigenvalue weighted by Crippen LogP contribution is -2.48. The normalized spacial score (nSPS) is 56.8. The first-order valence-electron chi connectivity index (χ1n) is 6.66. The minimum absolute atomic E-state index is 0.479. The van der Waals surface area contributed by atoms with Crippen LogP contribution in [0.25, 0.3) is 0 Å². The molecular formula is C14H24S. The van der Waals surface area contributed by atoms with Gasteiger partial charge in [0.1, 0.15) is 0 Å². The second kappa shape index (κ2) is 2.97. The molecule has 0 saturated heterocycles. The van der Waals surface area contributed by atoms with Crippen molar-refractivity contribution in [3.05, 3.63) is 0 Å². The van der Waals surface area contributed by atoms with Crippen LogP contribution in [-0.2, 0) is 0 Å². The lowest BCUT2D eigenvalue weighted by atomic mass is 9.56. The molecule has 3 rings (SSSR count). The van der Waals surface area contributed by atoms with Crippen molar-refractivity contribution in [2.45, 2.75) is 58.1 Å². The fourth-order valence-corrected chi connectivity index (χ4v) is 5.88. The van der Waals surface area contributed by atoms with Crippen LogP contribution in [-0.4, -0.2) is 5.25 Å². The molecule has 3 aliphatic carbocycles. The number of thiol groups is 1. The molecule has 0 aliphatic heterocycles. The highest BCUT2D eigenvalue weighted by atomic mass is 32.1. The molecule has 3 aliphatic rings. The fraction of sp³-hybridized carbons (Fsp3) is 1.00. The van der Waals surface area contributed by atoms with Gasteiger partial charge in [-0.25, -0.2) is 0 Å². The molecule has 2 bridgehead atoms. The maximum absolute atomic E-state index is 4.95. The Morgan fingerprint density at radius 2 is 1.87 bits per heavy atom. The summed E-state index contributed by atoms with van der Waals surface area (Å²) in [5.41, 5.74) is 1.21. The second-order valence-corrected chi connectivity index (χ2v) is 7.59. The molecule has 5 atom stereocenters. The topological polar surface area (TPSA) is 0 Å². The Bertz CT molecular complexity index is 283. The second-order valence-electron chi connectivity index (χ2n) is 7.03. The van der Waals surface area contributed by atoms with Crippen molar-refractivity contribution in [1.82, 2.24) is 0 Å². The minimum Gasteiger partial charge on any atom is -0.175 e. The molecule has 0 aromatic heterocycles. The van der Waals surface area contributed by atoms with Crippen LogP contribution < -0.4 is 0 Å². The smallest absolute Gasteiger partial charge is 0.00993 e. The maximum atomic E-state index is 4.95. The van der Waals surface area contributed by atoms with Crippen LogP contribution in [0.4, 0.5) is 0 Å². The number of hydrogen-bond acceptors (Lipinski definition) is 1. The summed E-state index contributed by atoms with van der Waals surface area (Å²) in [6.45, 7) is 7.48. The summed E-state index contributed by atoms with van der Waals surface area (Å²) in [5.74, 6) is 2.86. The predicted octanol–water partition coefficient (Wildman–Crippen LogP) is 4.16. The summed E-state index contributed by atoms with van der Waals surface area (Å²) in [6, 6.07) is 0. The zero-order valence-electron chi connectivity index (χ0n) is 10.3. The zero-order valence-corrected chi connectivity index (χ0v) is 11.2. The highest BCUT2D eigenvalue weighted by Crippen LogP contribution is 2.70. The Kier molecular flexibility index (Phi) is 2.08. The molecule has 0 aromatic rings. The highest BCUT2D eigenvalue weighted by molar-refractivity contribution is 7.81. The quantitative estimate of drug-likeness (QED) is 0.587. The molecule has 0 nitrogen and oxygen atoms in total. The Balaban J connectivity index is 2.05. The van der Waals surface area contributed by atoms with E-state index in [-0.39, 0.29) is 0 Å². The SMILES string of the molecule is CC1CCC2C(C)(C)C(S)C3CCC12C3. The predicted molar refractivity (Wildman–Crippen MR) is 68.2 cm³/mol. The van der Waals surface area contributed by atoms with Crippen LogP contribution in [0.1, 0.15) is 52.9 Å². The molecule has 86 valence electrons. The van der Waals surface area contributed by atoms with Crippen molar-refractivity contribution in [2.24, 2.45) is 28.6 Å². The average molecular weight is 224 g/mol. The first-order chi connectivity index (χ1) is 6.98. The molecule has 3 saturated carbocycles. The van der Waals surface area contributed by atoms with Gasteiger partial charge in [-0.05, 0) is 60.7 Å². The highest BCUT2D eigenvalue weighted by Gasteiger charge is 2.62. The summed E-state index contributed by atoms with van der Waals surface area (Å²) in [4.78, 5) is 0. The molecule has 0 radical (unpaired) electrons. The van der Waals surface area contributed by atoms with Gasteiger partial charge in [0.15, 0.2) is 0 Å². The van der Waals surface area contributed by atoms with Gasteiger partial charge in [0.05, 0.1) is 0 Å². The van der Waals surface area contributed by atoms with Gasteiger partial charge in [-0.1, -0.05) is 20.8 Å². The Labute approximate surface area is 99.6 Å². The zero-order chi connectivity index (χ0) is 10.8. The Morgan fingerprint density at radius 3 is 2.60 bits per heavy atom. The van der Waals surface area contributed by atoms with Crippen molar-refractivity contribution in [2.75, 3.05) is 0 Å². The van der Waals surface area contributed by atoms with Crippen molar-refractivity contribution in [3.63, 3.8) is 0 Å². The van der Waals surface area contributed by atoms with Gasteiger partial charge in [0, 0.05) is 5.25 Å². The van der Waals surface area contributed by atoms with E-state index in [9.17, 15) is 0 Å². The molecular weight excluding hydrogens is 200 g/mol. The summed E-state index contributed by atoms with van der Waals surface area (Å²) in [6.07, 6.45) is 7.40. The first kappa shape index (κ1) is 10.5. The van der Waals surface area contributed by atoms with E-state index in [4.69, 9.17) is 12.6 Å². The van der Waals surface area contributed by atoms with E-state index < -0.39 is 0 Å². The third kappa shape index (κ3) is 1.11. The molecule has 0 heterocycles. The van der Waals surface area contributed by atoms with Gasteiger partial charge in [0.25, 0.3) is 0 Å². The van der Waals surface area contributed by atoms with Crippen LogP contribution in [0, 0.1) is 28.6 Å². The van der Waals surface area contributed by atoms with Crippen molar-refractivity contribution in [1.29, 1.82) is 0 Å². The maximum Gasteiger partial charge on any atom is 0.00993 e. The van der Waals surface area contributed by atoms with Gasteiger partial charge in [-0.15, -0.1) is 0 Å². The van der Waals surface area contributed by atoms with Gasteiger partial charge >= 0.3 is 0 Å². The monoisotopic (exact) mass is 224 g/mol. The third-order valence-electron chi connectivity index (χ3n) is 6.29. The van der Waals surface area contributed by atoms with E-state index >= 15 is 0 Å². The lowest BCUT2D eigenvalue weighted by molar-refractivity contribution is 0.00849. The molecule has 3 fully saturated rings. The third-order valence-corrected chi connectivity index (χ3v) is 7.38. The molecule has 15 heavy (non-hydrogen) atoms. The number of fused-ring (bicyclic) bond motifs is 1. The summed E-state index contributed by atoms with van der Waals surface area (Å²) >= 11 is 4.95. The van der Waals surface area contributed by atoms with Crippen LogP contribution in [0.2, 0.25) is 0 Å². The largest absolute Gasteiger partial charge is 0.175 e. The summed E-state index contributed by atoms with van der Waals surface area (Å²) in [5, 5.41) is 0.656. The van der Waals surface area contributed by atoms with Crippen LogP contribution >= 0.6 is 12.6 Å². The molecule has 1 spiro atoms. The molecule has 0 N–H and O–H groups in total. The molecule has 5 unspecified atom stereocenters. The number of hydrogen-bond donors (Lipinski definition) is 1.